The third-order valence-electron chi connectivity index (χ3n) is 3.38. The van der Waals surface area contributed by atoms with Crippen LogP contribution >= 0.6 is 0 Å². The van der Waals surface area contributed by atoms with Gasteiger partial charge in [-0.05, 0) is 44.2 Å². The largest absolute Gasteiger partial charge is 0.325 e. The third kappa shape index (κ3) is 5.17. The molecule has 0 aliphatic heterocycles. The molecule has 9 nitrogen and oxygen atoms in total. The van der Waals surface area contributed by atoms with Crippen molar-refractivity contribution < 1.29 is 14.4 Å². The quantitative estimate of drug-likeness (QED) is 0.685. The molecule has 1 aromatic carbocycles. The lowest BCUT2D eigenvalue weighted by atomic mass is 10.2. The van der Waals surface area contributed by atoms with Crippen LogP contribution in [0.3, 0.4) is 0 Å². The van der Waals surface area contributed by atoms with Gasteiger partial charge in [-0.25, -0.2) is 0 Å². The highest BCUT2D eigenvalue weighted by molar-refractivity contribution is 5.96. The number of aromatic nitrogens is 2. The Morgan fingerprint density at radius 2 is 1.81 bits per heavy atom. The van der Waals surface area contributed by atoms with Crippen molar-refractivity contribution in [2.45, 2.75) is 26.8 Å². The van der Waals surface area contributed by atoms with Crippen LogP contribution in [0.15, 0.2) is 30.3 Å². The zero-order valence-electron chi connectivity index (χ0n) is 14.4. The van der Waals surface area contributed by atoms with E-state index in [9.17, 15) is 14.4 Å². The number of hydrogen-bond donors (Lipinski definition) is 3. The minimum Gasteiger partial charge on any atom is -0.325 e. The minimum atomic E-state index is -0.499. The molecule has 3 N–H and O–H groups in total. The molecule has 0 spiro atoms. The summed E-state index contributed by atoms with van der Waals surface area (Å²) in [7, 11) is 0. The van der Waals surface area contributed by atoms with E-state index in [2.05, 4.69) is 21.3 Å². The number of aryl methyl sites for hydroxylation is 2. The van der Waals surface area contributed by atoms with Crippen LogP contribution < -0.4 is 16.2 Å². The first-order valence-electron chi connectivity index (χ1n) is 7.76. The molecular weight excluding hydrogens is 336 g/mol. The lowest BCUT2D eigenvalue weighted by Crippen LogP contribution is -2.43. The van der Waals surface area contributed by atoms with Crippen LogP contribution in [-0.2, 0) is 16.1 Å². The van der Waals surface area contributed by atoms with Crippen LogP contribution in [-0.4, -0.2) is 27.5 Å². The lowest BCUT2D eigenvalue weighted by molar-refractivity contribution is -0.122. The number of carbonyl (C=O) groups is 3. The van der Waals surface area contributed by atoms with E-state index in [0.717, 1.165) is 11.4 Å². The van der Waals surface area contributed by atoms with E-state index in [1.807, 2.05) is 19.9 Å². The fourth-order valence-corrected chi connectivity index (χ4v) is 2.19. The highest BCUT2D eigenvalue weighted by Crippen LogP contribution is 2.09. The number of carbonyl (C=O) groups excluding carboxylic acids is 3. The molecule has 26 heavy (non-hydrogen) atoms. The topological polar surface area (TPSA) is 129 Å². The second-order valence-electron chi connectivity index (χ2n) is 5.55. The molecule has 0 radical (unpaired) electrons. The molecule has 2 aromatic rings. The maximum atomic E-state index is 12.0. The van der Waals surface area contributed by atoms with Gasteiger partial charge in [0, 0.05) is 16.9 Å². The van der Waals surface area contributed by atoms with Crippen LogP contribution in [0.25, 0.3) is 0 Å². The standard InChI is InChI=1S/C17H18N6O3/c1-11-9-12(2)23(22-11)10-16(25)20-21-17(26)13-3-5-14(6-4-13)19-15(24)7-8-18/h3-6,9H,7,10H2,1-2H3,(H,19,24)(H,20,25)(H,21,26). The van der Waals surface area contributed by atoms with Gasteiger partial charge < -0.3 is 5.32 Å². The summed E-state index contributed by atoms with van der Waals surface area (Å²) in [6.45, 7) is 3.65. The number of nitrogens with zero attached hydrogens (tertiary/aromatic N) is 3. The molecule has 0 saturated heterocycles. The van der Waals surface area contributed by atoms with E-state index < -0.39 is 17.7 Å². The molecule has 134 valence electrons. The number of nitrogens with one attached hydrogen (secondary N) is 3. The fraction of sp³-hybridized carbons (Fsp3) is 0.235. The molecule has 9 heteroatoms. The van der Waals surface area contributed by atoms with Crippen molar-refractivity contribution >= 4 is 23.4 Å². The number of hydrogen-bond acceptors (Lipinski definition) is 5. The molecule has 0 atom stereocenters. The van der Waals surface area contributed by atoms with Crippen LogP contribution in [0.2, 0.25) is 0 Å². The number of hydrazine groups is 1. The SMILES string of the molecule is Cc1cc(C)n(CC(=O)NNC(=O)c2ccc(NC(=O)CC#N)cc2)n1. The van der Waals surface area contributed by atoms with Crippen LogP contribution in [0.1, 0.15) is 28.2 Å². The summed E-state index contributed by atoms with van der Waals surface area (Å²) in [6, 6.07) is 9.63. The second kappa shape index (κ2) is 8.43. The normalized spacial score (nSPS) is 9.88. The zero-order valence-corrected chi connectivity index (χ0v) is 14.4. The molecule has 0 unspecified atom stereocenters. The molecular formula is C17H18N6O3. The first-order valence-corrected chi connectivity index (χ1v) is 7.76. The number of amides is 3. The van der Waals surface area contributed by atoms with Gasteiger partial charge in [0.25, 0.3) is 11.8 Å². The van der Waals surface area contributed by atoms with Gasteiger partial charge in [0.2, 0.25) is 5.91 Å². The summed E-state index contributed by atoms with van der Waals surface area (Å²) in [5.41, 5.74) is 7.06. The molecule has 1 aromatic heterocycles. The number of nitriles is 1. The maximum Gasteiger partial charge on any atom is 0.269 e. The van der Waals surface area contributed by atoms with Gasteiger partial charge in [-0.1, -0.05) is 0 Å². The summed E-state index contributed by atoms with van der Waals surface area (Å²) in [5.74, 6) is -1.34. The Balaban J connectivity index is 1.85. The Labute approximate surface area is 150 Å². The van der Waals surface area contributed by atoms with Crippen molar-refractivity contribution in [2.24, 2.45) is 0 Å². The van der Waals surface area contributed by atoms with Gasteiger partial charge in [0.05, 0.1) is 11.8 Å². The van der Waals surface area contributed by atoms with Gasteiger partial charge in [-0.2, -0.15) is 10.4 Å². The summed E-state index contributed by atoms with van der Waals surface area (Å²) < 4.78 is 1.54. The average molecular weight is 354 g/mol. The van der Waals surface area contributed by atoms with E-state index in [4.69, 9.17) is 5.26 Å². The average Bonchev–Trinajstić information content (AvgIpc) is 2.90. The van der Waals surface area contributed by atoms with Gasteiger partial charge in [-0.3, -0.25) is 29.9 Å². The van der Waals surface area contributed by atoms with E-state index in [1.54, 1.807) is 6.07 Å². The van der Waals surface area contributed by atoms with Gasteiger partial charge in [0.15, 0.2) is 0 Å². The molecule has 1 heterocycles. The predicted octanol–water partition coefficient (Wildman–Crippen LogP) is 0.813. The van der Waals surface area contributed by atoms with Crippen molar-refractivity contribution in [1.29, 1.82) is 5.26 Å². The summed E-state index contributed by atoms with van der Waals surface area (Å²) in [6.07, 6.45) is -0.247. The Hall–Kier alpha value is -3.67. The molecule has 2 rings (SSSR count). The van der Waals surface area contributed by atoms with Crippen molar-refractivity contribution in [3.05, 3.63) is 47.3 Å². The van der Waals surface area contributed by atoms with Crippen molar-refractivity contribution in [1.82, 2.24) is 20.6 Å². The van der Waals surface area contributed by atoms with E-state index >= 15 is 0 Å². The molecule has 0 aliphatic rings. The molecule has 0 bridgehead atoms. The van der Waals surface area contributed by atoms with Gasteiger partial charge >= 0.3 is 0 Å². The van der Waals surface area contributed by atoms with Crippen LogP contribution in [0.4, 0.5) is 5.69 Å². The van der Waals surface area contributed by atoms with Crippen molar-refractivity contribution in [2.75, 3.05) is 5.32 Å². The van der Waals surface area contributed by atoms with E-state index in [-0.39, 0.29) is 13.0 Å². The zero-order chi connectivity index (χ0) is 19.1. The van der Waals surface area contributed by atoms with Crippen molar-refractivity contribution in [3.63, 3.8) is 0 Å². The smallest absolute Gasteiger partial charge is 0.269 e. The van der Waals surface area contributed by atoms with Crippen molar-refractivity contribution in [3.8, 4) is 6.07 Å². The monoisotopic (exact) mass is 354 g/mol. The van der Waals surface area contributed by atoms with Crippen LogP contribution in [0.5, 0.6) is 0 Å². The number of anilines is 1. The Bertz CT molecular complexity index is 864. The third-order valence-corrected chi connectivity index (χ3v) is 3.38. The van der Waals surface area contributed by atoms with E-state index in [0.29, 0.717) is 11.3 Å². The Morgan fingerprint density at radius 3 is 2.38 bits per heavy atom. The summed E-state index contributed by atoms with van der Waals surface area (Å²) >= 11 is 0. The van der Waals surface area contributed by atoms with Gasteiger partial charge in [0.1, 0.15) is 13.0 Å². The molecule has 0 saturated carbocycles. The van der Waals surface area contributed by atoms with Crippen LogP contribution in [0, 0.1) is 25.2 Å². The Morgan fingerprint density at radius 1 is 1.12 bits per heavy atom. The first-order chi connectivity index (χ1) is 12.4. The Kier molecular flexibility index (Phi) is 6.06. The molecule has 0 aliphatic carbocycles. The minimum absolute atomic E-state index is 0.0101. The highest BCUT2D eigenvalue weighted by atomic mass is 16.2. The summed E-state index contributed by atoms with van der Waals surface area (Å²) in [4.78, 5) is 35.2. The van der Waals surface area contributed by atoms with E-state index in [1.165, 1.54) is 28.9 Å². The number of rotatable bonds is 5. The predicted molar refractivity (Wildman–Crippen MR) is 92.6 cm³/mol. The molecule has 0 fully saturated rings. The lowest BCUT2D eigenvalue weighted by Gasteiger charge is -2.09. The summed E-state index contributed by atoms with van der Waals surface area (Å²) in [5, 5.41) is 15.1. The fourth-order valence-electron chi connectivity index (χ4n) is 2.19. The maximum absolute atomic E-state index is 12.0. The number of benzene rings is 1. The van der Waals surface area contributed by atoms with Gasteiger partial charge in [-0.15, -0.1) is 0 Å². The highest BCUT2D eigenvalue weighted by Gasteiger charge is 2.10. The molecule has 3 amide bonds. The first kappa shape index (κ1) is 18.7. The second-order valence-corrected chi connectivity index (χ2v) is 5.55.